The lowest BCUT2D eigenvalue weighted by atomic mass is 9.94. The Kier molecular flexibility index (Phi) is 7.17. The van der Waals surface area contributed by atoms with Crippen LogP contribution in [0.3, 0.4) is 0 Å². The van der Waals surface area contributed by atoms with E-state index in [1.807, 2.05) is 55.5 Å². The number of rotatable bonds is 6. The van der Waals surface area contributed by atoms with Crippen molar-refractivity contribution < 1.29 is 13.2 Å². The van der Waals surface area contributed by atoms with Crippen molar-refractivity contribution in [1.29, 1.82) is 0 Å². The van der Waals surface area contributed by atoms with Crippen LogP contribution in [0.2, 0.25) is 5.02 Å². The van der Waals surface area contributed by atoms with Gasteiger partial charge in [0.25, 0.3) is 0 Å². The number of carbonyl (C=O) groups excluding carboxylic acids is 1. The lowest BCUT2D eigenvalue weighted by Crippen LogP contribution is -2.46. The summed E-state index contributed by atoms with van der Waals surface area (Å²) < 4.78 is 27.7. The van der Waals surface area contributed by atoms with E-state index in [-0.39, 0.29) is 23.4 Å². The number of hydrogen-bond acceptors (Lipinski definition) is 3. The van der Waals surface area contributed by atoms with E-state index in [9.17, 15) is 13.2 Å². The van der Waals surface area contributed by atoms with E-state index in [1.165, 1.54) is 16.4 Å². The van der Waals surface area contributed by atoms with E-state index in [2.05, 4.69) is 11.4 Å². The highest BCUT2D eigenvalue weighted by Crippen LogP contribution is 2.27. The Bertz CT molecular complexity index is 1210. The first-order valence-corrected chi connectivity index (χ1v) is 12.8. The van der Waals surface area contributed by atoms with Crippen molar-refractivity contribution in [2.24, 2.45) is 5.92 Å². The average molecular weight is 483 g/mol. The minimum Gasteiger partial charge on any atom is -0.345 e. The first-order chi connectivity index (χ1) is 15.8. The van der Waals surface area contributed by atoms with Crippen LogP contribution in [0.1, 0.15) is 35.6 Å². The largest absolute Gasteiger partial charge is 0.345 e. The highest BCUT2D eigenvalue weighted by molar-refractivity contribution is 7.89. The predicted molar refractivity (Wildman–Crippen MR) is 131 cm³/mol. The van der Waals surface area contributed by atoms with Gasteiger partial charge in [0, 0.05) is 18.1 Å². The summed E-state index contributed by atoms with van der Waals surface area (Å²) in [5, 5.41) is 3.67. The van der Waals surface area contributed by atoms with Crippen molar-refractivity contribution in [1.82, 2.24) is 9.62 Å². The maximum Gasteiger partial charge on any atom is 0.243 e. The Morgan fingerprint density at radius 1 is 1.00 bits per heavy atom. The number of carbonyl (C=O) groups is 1. The molecule has 1 saturated heterocycles. The molecule has 3 aromatic carbocycles. The molecule has 1 amide bonds. The van der Waals surface area contributed by atoms with E-state index in [4.69, 9.17) is 11.6 Å². The van der Waals surface area contributed by atoms with Crippen molar-refractivity contribution in [3.05, 3.63) is 101 Å². The smallest absolute Gasteiger partial charge is 0.243 e. The highest BCUT2D eigenvalue weighted by atomic mass is 35.5. The second-order valence-corrected chi connectivity index (χ2v) is 10.8. The van der Waals surface area contributed by atoms with Gasteiger partial charge in [0.05, 0.1) is 16.9 Å². The zero-order chi connectivity index (χ0) is 23.4. The monoisotopic (exact) mass is 482 g/mol. The Labute approximate surface area is 200 Å². The standard InChI is InChI=1S/C26H27ClN2O3S/c1-19-7-5-10-21(17-19)25(20-8-3-2-4-9-20)28-26(30)22-11-6-16-29(18-22)33(31,32)24-14-12-23(27)13-15-24/h2-5,7-10,12-15,17,22,25H,6,11,16,18H2,1H3,(H,28,30)/t22-,25+/m1/s1. The molecule has 2 atom stereocenters. The lowest BCUT2D eigenvalue weighted by molar-refractivity contribution is -0.126. The molecule has 1 fully saturated rings. The summed E-state index contributed by atoms with van der Waals surface area (Å²) in [6.07, 6.45) is 1.28. The van der Waals surface area contributed by atoms with Crippen LogP contribution in [0.25, 0.3) is 0 Å². The topological polar surface area (TPSA) is 66.5 Å². The molecule has 0 unspecified atom stereocenters. The number of nitrogens with zero attached hydrogens (tertiary/aromatic N) is 1. The molecule has 4 rings (SSSR count). The summed E-state index contributed by atoms with van der Waals surface area (Å²) in [6.45, 7) is 2.58. The normalized spacial score (nSPS) is 17.9. The number of benzene rings is 3. The SMILES string of the molecule is Cc1cccc([C@@H](NC(=O)[C@@H]2CCCN(S(=O)(=O)c3ccc(Cl)cc3)C2)c2ccccc2)c1. The zero-order valence-electron chi connectivity index (χ0n) is 18.4. The van der Waals surface area contributed by atoms with Crippen LogP contribution < -0.4 is 5.32 Å². The van der Waals surface area contributed by atoms with Crippen LogP contribution in [0, 0.1) is 12.8 Å². The number of aryl methyl sites for hydroxylation is 1. The Balaban J connectivity index is 1.54. The van der Waals surface area contributed by atoms with Crippen molar-refractivity contribution >= 4 is 27.5 Å². The van der Waals surface area contributed by atoms with Crippen LogP contribution in [-0.2, 0) is 14.8 Å². The molecular weight excluding hydrogens is 456 g/mol. The van der Waals surface area contributed by atoms with Gasteiger partial charge in [-0.2, -0.15) is 4.31 Å². The molecule has 1 N–H and O–H groups in total. The summed E-state index contributed by atoms with van der Waals surface area (Å²) in [7, 11) is -3.69. The van der Waals surface area contributed by atoms with Gasteiger partial charge in [-0.1, -0.05) is 71.8 Å². The predicted octanol–water partition coefficient (Wildman–Crippen LogP) is 4.95. The fraction of sp³-hybridized carbons (Fsp3) is 0.269. The Morgan fingerprint density at radius 3 is 2.39 bits per heavy atom. The Hall–Kier alpha value is -2.67. The quantitative estimate of drug-likeness (QED) is 0.540. The fourth-order valence-corrected chi connectivity index (χ4v) is 5.89. The van der Waals surface area contributed by atoms with Crippen LogP contribution in [-0.4, -0.2) is 31.7 Å². The maximum atomic E-state index is 13.3. The third kappa shape index (κ3) is 5.46. The number of piperidine rings is 1. The number of sulfonamides is 1. The summed E-state index contributed by atoms with van der Waals surface area (Å²) >= 11 is 5.91. The average Bonchev–Trinajstić information content (AvgIpc) is 2.83. The van der Waals surface area contributed by atoms with Gasteiger partial charge in [-0.3, -0.25) is 4.79 Å². The molecule has 0 aliphatic carbocycles. The molecule has 5 nitrogen and oxygen atoms in total. The van der Waals surface area contributed by atoms with E-state index >= 15 is 0 Å². The van der Waals surface area contributed by atoms with Gasteiger partial charge in [-0.15, -0.1) is 0 Å². The third-order valence-corrected chi connectivity index (χ3v) is 8.13. The van der Waals surface area contributed by atoms with Crippen LogP contribution in [0.4, 0.5) is 0 Å². The van der Waals surface area contributed by atoms with Crippen molar-refractivity contribution in [2.45, 2.75) is 30.7 Å². The number of halogens is 1. The maximum absolute atomic E-state index is 13.3. The van der Waals surface area contributed by atoms with Crippen molar-refractivity contribution in [3.8, 4) is 0 Å². The summed E-state index contributed by atoms with van der Waals surface area (Å²) in [5.41, 5.74) is 3.09. The molecule has 172 valence electrons. The van der Waals surface area contributed by atoms with Gasteiger partial charge in [0.2, 0.25) is 15.9 Å². The fourth-order valence-electron chi connectivity index (χ4n) is 4.24. The molecule has 1 aliphatic heterocycles. The van der Waals surface area contributed by atoms with Crippen LogP contribution in [0.15, 0.2) is 83.8 Å². The molecule has 0 spiro atoms. The Morgan fingerprint density at radius 2 is 1.70 bits per heavy atom. The van der Waals surface area contributed by atoms with Crippen LogP contribution in [0.5, 0.6) is 0 Å². The minimum absolute atomic E-state index is 0.138. The number of amides is 1. The molecular formula is C26H27ClN2O3S. The minimum atomic E-state index is -3.69. The molecule has 0 bridgehead atoms. The van der Waals surface area contributed by atoms with Crippen molar-refractivity contribution in [3.63, 3.8) is 0 Å². The summed E-state index contributed by atoms with van der Waals surface area (Å²) in [4.78, 5) is 13.5. The lowest BCUT2D eigenvalue weighted by Gasteiger charge is -2.32. The number of nitrogens with one attached hydrogen (secondary N) is 1. The summed E-state index contributed by atoms with van der Waals surface area (Å²) in [6, 6.07) is 23.7. The van der Waals surface area contributed by atoms with Gasteiger partial charge < -0.3 is 5.32 Å². The van der Waals surface area contributed by atoms with Gasteiger partial charge in [0.15, 0.2) is 0 Å². The van der Waals surface area contributed by atoms with Crippen LogP contribution >= 0.6 is 11.6 Å². The van der Waals surface area contributed by atoms with Crippen molar-refractivity contribution in [2.75, 3.05) is 13.1 Å². The summed E-state index contributed by atoms with van der Waals surface area (Å²) in [5.74, 6) is -0.557. The van der Waals surface area contributed by atoms with Gasteiger partial charge in [0.1, 0.15) is 0 Å². The molecule has 0 aromatic heterocycles. The first-order valence-electron chi connectivity index (χ1n) is 11.0. The van der Waals surface area contributed by atoms with Gasteiger partial charge in [-0.05, 0) is 55.2 Å². The van der Waals surface area contributed by atoms with Gasteiger partial charge in [-0.25, -0.2) is 8.42 Å². The zero-order valence-corrected chi connectivity index (χ0v) is 20.0. The van der Waals surface area contributed by atoms with E-state index in [0.29, 0.717) is 24.4 Å². The van der Waals surface area contributed by atoms with E-state index in [0.717, 1.165) is 16.7 Å². The molecule has 33 heavy (non-hydrogen) atoms. The second-order valence-electron chi connectivity index (χ2n) is 8.42. The third-order valence-electron chi connectivity index (χ3n) is 6.00. The van der Waals surface area contributed by atoms with E-state index in [1.54, 1.807) is 12.1 Å². The molecule has 1 aliphatic rings. The first kappa shape index (κ1) is 23.5. The van der Waals surface area contributed by atoms with Gasteiger partial charge >= 0.3 is 0 Å². The molecule has 7 heteroatoms. The molecule has 3 aromatic rings. The molecule has 0 saturated carbocycles. The van der Waals surface area contributed by atoms with E-state index < -0.39 is 15.9 Å². The second kappa shape index (κ2) is 10.1. The molecule has 1 heterocycles. The molecule has 0 radical (unpaired) electrons. The highest BCUT2D eigenvalue weighted by Gasteiger charge is 2.34. The number of hydrogen-bond donors (Lipinski definition) is 1.